The van der Waals surface area contributed by atoms with Gasteiger partial charge >= 0.3 is 6.18 Å². The number of furan rings is 1. The Morgan fingerprint density at radius 1 is 1.39 bits per heavy atom. The third-order valence-corrected chi connectivity index (χ3v) is 3.50. The molecule has 0 aliphatic heterocycles. The van der Waals surface area contributed by atoms with Crippen LogP contribution in [0.15, 0.2) is 16.7 Å². The van der Waals surface area contributed by atoms with Gasteiger partial charge in [0.15, 0.2) is 5.01 Å². The Morgan fingerprint density at radius 2 is 2.06 bits per heavy atom. The van der Waals surface area contributed by atoms with Crippen molar-refractivity contribution in [3.05, 3.63) is 39.2 Å². The number of aliphatic hydroxyl groups excluding tert-OH is 1. The SMILES string of the molecule is Cc1cc(C(O)c2cnc(C(F)(F)F)s2)c(C)o1. The quantitative estimate of drug-likeness (QED) is 0.914. The summed E-state index contributed by atoms with van der Waals surface area (Å²) in [4.78, 5) is 3.42. The minimum atomic E-state index is -4.48. The maximum Gasteiger partial charge on any atom is 0.443 e. The van der Waals surface area contributed by atoms with Gasteiger partial charge in [0.2, 0.25) is 0 Å². The van der Waals surface area contributed by atoms with Crippen molar-refractivity contribution in [3.63, 3.8) is 0 Å². The fraction of sp³-hybridized carbons (Fsp3) is 0.364. The van der Waals surface area contributed by atoms with Crippen LogP contribution in [0, 0.1) is 13.8 Å². The minimum absolute atomic E-state index is 0.145. The van der Waals surface area contributed by atoms with Gasteiger partial charge in [0.05, 0.1) is 4.88 Å². The molecule has 2 rings (SSSR count). The molecule has 0 spiro atoms. The molecular formula is C11H10F3NO2S. The van der Waals surface area contributed by atoms with Gasteiger partial charge in [-0.25, -0.2) is 4.98 Å². The van der Waals surface area contributed by atoms with Crippen LogP contribution >= 0.6 is 11.3 Å². The molecule has 18 heavy (non-hydrogen) atoms. The Hall–Kier alpha value is -1.34. The van der Waals surface area contributed by atoms with E-state index in [-0.39, 0.29) is 4.88 Å². The van der Waals surface area contributed by atoms with Crippen molar-refractivity contribution in [2.75, 3.05) is 0 Å². The normalized spacial score (nSPS) is 13.9. The number of thiazole rings is 1. The molecule has 0 saturated heterocycles. The second-order valence-electron chi connectivity index (χ2n) is 3.84. The number of nitrogens with zero attached hydrogens (tertiary/aromatic N) is 1. The van der Waals surface area contributed by atoms with Gasteiger partial charge in [-0.1, -0.05) is 0 Å². The highest BCUT2D eigenvalue weighted by Gasteiger charge is 2.35. The van der Waals surface area contributed by atoms with Gasteiger partial charge in [-0.15, -0.1) is 11.3 Å². The predicted octanol–water partition coefficient (Wildman–Crippen LogP) is 3.45. The number of aryl methyl sites for hydroxylation is 2. The van der Waals surface area contributed by atoms with E-state index in [0.29, 0.717) is 28.4 Å². The minimum Gasteiger partial charge on any atom is -0.466 e. The summed E-state index contributed by atoms with van der Waals surface area (Å²) in [5.74, 6) is 1.09. The maximum atomic E-state index is 12.4. The molecular weight excluding hydrogens is 267 g/mol. The van der Waals surface area contributed by atoms with Crippen molar-refractivity contribution in [2.24, 2.45) is 0 Å². The van der Waals surface area contributed by atoms with Crippen LogP contribution in [0.2, 0.25) is 0 Å². The molecule has 0 fully saturated rings. The van der Waals surface area contributed by atoms with Gasteiger partial charge in [0.1, 0.15) is 17.6 Å². The molecule has 0 saturated carbocycles. The number of alkyl halides is 3. The zero-order valence-corrected chi connectivity index (χ0v) is 10.4. The van der Waals surface area contributed by atoms with Crippen molar-refractivity contribution < 1.29 is 22.7 Å². The molecule has 0 aromatic carbocycles. The summed E-state index contributed by atoms with van der Waals surface area (Å²) in [5.41, 5.74) is 0.463. The lowest BCUT2D eigenvalue weighted by Crippen LogP contribution is -2.03. The van der Waals surface area contributed by atoms with Crippen LogP contribution in [0.1, 0.15) is 33.1 Å². The van der Waals surface area contributed by atoms with Gasteiger partial charge < -0.3 is 9.52 Å². The summed E-state index contributed by atoms with van der Waals surface area (Å²) < 4.78 is 42.4. The van der Waals surface area contributed by atoms with Crippen LogP contribution in [0.25, 0.3) is 0 Å². The first kappa shape index (κ1) is 13.1. The third kappa shape index (κ3) is 2.41. The summed E-state index contributed by atoms with van der Waals surface area (Å²) in [5, 5.41) is 9.04. The van der Waals surface area contributed by atoms with E-state index in [0.717, 1.165) is 6.20 Å². The Labute approximate surface area is 105 Å². The van der Waals surface area contributed by atoms with E-state index < -0.39 is 17.3 Å². The molecule has 1 atom stereocenters. The summed E-state index contributed by atoms with van der Waals surface area (Å²) in [7, 11) is 0. The van der Waals surface area contributed by atoms with E-state index in [1.807, 2.05) is 0 Å². The van der Waals surface area contributed by atoms with Crippen LogP contribution < -0.4 is 0 Å². The monoisotopic (exact) mass is 277 g/mol. The van der Waals surface area contributed by atoms with Crippen LogP contribution in [0.4, 0.5) is 13.2 Å². The van der Waals surface area contributed by atoms with Crippen LogP contribution in [-0.2, 0) is 6.18 Å². The number of halogens is 3. The van der Waals surface area contributed by atoms with Gasteiger partial charge in [-0.3, -0.25) is 0 Å². The van der Waals surface area contributed by atoms with Gasteiger partial charge in [-0.05, 0) is 19.9 Å². The summed E-state index contributed by atoms with van der Waals surface area (Å²) in [6.07, 6.45) is -4.58. The van der Waals surface area contributed by atoms with Crippen molar-refractivity contribution in [1.29, 1.82) is 0 Å². The smallest absolute Gasteiger partial charge is 0.443 e. The lowest BCUT2D eigenvalue weighted by Gasteiger charge is -2.06. The molecule has 1 unspecified atom stereocenters. The van der Waals surface area contributed by atoms with Gasteiger partial charge in [0, 0.05) is 11.8 Å². The molecule has 0 bridgehead atoms. The number of hydrogen-bond acceptors (Lipinski definition) is 4. The van der Waals surface area contributed by atoms with Crippen molar-refractivity contribution >= 4 is 11.3 Å². The lowest BCUT2D eigenvalue weighted by atomic mass is 10.1. The van der Waals surface area contributed by atoms with Gasteiger partial charge in [0.25, 0.3) is 0 Å². The van der Waals surface area contributed by atoms with E-state index in [4.69, 9.17) is 4.42 Å². The fourth-order valence-corrected chi connectivity index (χ4v) is 2.41. The molecule has 0 amide bonds. The highest BCUT2D eigenvalue weighted by molar-refractivity contribution is 7.11. The average molecular weight is 277 g/mol. The number of hydrogen-bond donors (Lipinski definition) is 1. The Balaban J connectivity index is 2.32. The largest absolute Gasteiger partial charge is 0.466 e. The Bertz CT molecular complexity index is 559. The highest BCUT2D eigenvalue weighted by atomic mass is 32.1. The number of aromatic nitrogens is 1. The zero-order chi connectivity index (χ0) is 13.5. The molecule has 2 heterocycles. The molecule has 0 aliphatic rings. The average Bonchev–Trinajstić information content (AvgIpc) is 2.83. The summed E-state index contributed by atoms with van der Waals surface area (Å²) in [6.45, 7) is 3.36. The van der Waals surface area contributed by atoms with Crippen LogP contribution in [0.3, 0.4) is 0 Å². The van der Waals surface area contributed by atoms with Gasteiger partial charge in [-0.2, -0.15) is 13.2 Å². The van der Waals surface area contributed by atoms with E-state index in [2.05, 4.69) is 4.98 Å². The fourth-order valence-electron chi connectivity index (χ4n) is 1.62. The molecule has 98 valence electrons. The van der Waals surface area contributed by atoms with Crippen LogP contribution in [-0.4, -0.2) is 10.1 Å². The van der Waals surface area contributed by atoms with E-state index in [9.17, 15) is 18.3 Å². The highest BCUT2D eigenvalue weighted by Crippen LogP contribution is 2.36. The topological polar surface area (TPSA) is 46.3 Å². The van der Waals surface area contributed by atoms with Crippen molar-refractivity contribution in [3.8, 4) is 0 Å². The number of rotatable bonds is 2. The summed E-state index contributed by atoms with van der Waals surface area (Å²) >= 11 is 0.433. The third-order valence-electron chi connectivity index (χ3n) is 2.41. The molecule has 3 nitrogen and oxygen atoms in total. The first-order valence-corrected chi connectivity index (χ1v) is 5.88. The number of aliphatic hydroxyl groups is 1. The summed E-state index contributed by atoms with van der Waals surface area (Å²) in [6, 6.07) is 1.60. The molecule has 1 N–H and O–H groups in total. The standard InChI is InChI=1S/C11H10F3NO2S/c1-5-3-7(6(2)17-5)9(16)8-4-15-10(18-8)11(12,13)14/h3-4,9,16H,1-2H3. The lowest BCUT2D eigenvalue weighted by molar-refractivity contribution is -0.137. The Kier molecular flexibility index (Phi) is 3.20. The van der Waals surface area contributed by atoms with Crippen molar-refractivity contribution in [2.45, 2.75) is 26.1 Å². The first-order chi connectivity index (χ1) is 8.29. The zero-order valence-electron chi connectivity index (χ0n) is 9.58. The molecule has 2 aromatic rings. The second-order valence-corrected chi connectivity index (χ2v) is 4.90. The van der Waals surface area contributed by atoms with E-state index in [1.54, 1.807) is 19.9 Å². The molecule has 0 aliphatic carbocycles. The van der Waals surface area contributed by atoms with E-state index in [1.165, 1.54) is 0 Å². The molecule has 2 aromatic heterocycles. The molecule has 7 heteroatoms. The molecule has 0 radical (unpaired) electrons. The Morgan fingerprint density at radius 3 is 2.50 bits per heavy atom. The first-order valence-electron chi connectivity index (χ1n) is 5.07. The second kappa shape index (κ2) is 4.40. The van der Waals surface area contributed by atoms with Crippen LogP contribution in [0.5, 0.6) is 0 Å². The predicted molar refractivity (Wildman–Crippen MR) is 59.4 cm³/mol. The van der Waals surface area contributed by atoms with E-state index >= 15 is 0 Å². The maximum absolute atomic E-state index is 12.4. The van der Waals surface area contributed by atoms with Crippen molar-refractivity contribution in [1.82, 2.24) is 4.98 Å².